The lowest BCUT2D eigenvalue weighted by molar-refractivity contribution is -0.381. The van der Waals surface area contributed by atoms with E-state index in [1.54, 1.807) is 30.3 Å². The summed E-state index contributed by atoms with van der Waals surface area (Å²) < 4.78 is 64.4. The maximum absolute atomic E-state index is 11.5. The molecule has 1 unspecified atom stereocenters. The second-order valence-corrected chi connectivity index (χ2v) is 9.08. The number of aliphatic hydroxyl groups excluding tert-OH is 5. The van der Waals surface area contributed by atoms with Gasteiger partial charge in [-0.25, -0.2) is 4.18 Å². The van der Waals surface area contributed by atoms with Crippen molar-refractivity contribution >= 4 is 10.4 Å². The summed E-state index contributed by atoms with van der Waals surface area (Å²) in [6.07, 6.45) is -16.8. The zero-order valence-corrected chi connectivity index (χ0v) is 18.3. The summed E-state index contributed by atoms with van der Waals surface area (Å²) in [6, 6.07) is 8.72. The summed E-state index contributed by atoms with van der Waals surface area (Å²) in [6.45, 7) is -0.879. The van der Waals surface area contributed by atoms with Crippen LogP contribution in [0.1, 0.15) is 11.9 Å². The third-order valence-corrected chi connectivity index (χ3v) is 6.21. The molecule has 15 heteroatoms. The minimum absolute atomic E-state index is 0.117. The highest BCUT2D eigenvalue weighted by Gasteiger charge is 2.54. The maximum atomic E-state index is 11.5. The number of ether oxygens (including phenoxy) is 5. The normalized spacial score (nSPS) is 43.3. The summed E-state index contributed by atoms with van der Waals surface area (Å²) in [5, 5.41) is 50.3. The van der Waals surface area contributed by atoms with E-state index in [0.29, 0.717) is 5.56 Å². The predicted octanol–water partition coefficient (Wildman–Crippen LogP) is -2.81. The Hall–Kier alpha value is -1.31. The monoisotopic (exact) mass is 510 g/mol. The topological polar surface area (TPSA) is 211 Å². The van der Waals surface area contributed by atoms with Gasteiger partial charge in [0, 0.05) is 5.56 Å². The SMILES string of the molecule is O=S(=O)(O)O[C@H]1[C@@H](O[C@H]2[C@H](O)[C@@H](O)[C@H](O)O[C@@H]2CO)O[C@@H]2COC(c3ccccc3)O[C@H]2[C@@H]1O. The molecule has 34 heavy (non-hydrogen) atoms. The van der Waals surface area contributed by atoms with Gasteiger partial charge in [-0.3, -0.25) is 4.55 Å². The largest absolute Gasteiger partial charge is 0.397 e. The molecule has 6 N–H and O–H groups in total. The van der Waals surface area contributed by atoms with Crippen molar-refractivity contribution in [1.29, 1.82) is 0 Å². The molecule has 1 aromatic carbocycles. The van der Waals surface area contributed by atoms with Crippen molar-refractivity contribution in [3.63, 3.8) is 0 Å². The number of benzene rings is 1. The van der Waals surface area contributed by atoms with Crippen molar-refractivity contribution in [3.05, 3.63) is 35.9 Å². The molecule has 0 amide bonds. The van der Waals surface area contributed by atoms with Gasteiger partial charge in [-0.1, -0.05) is 30.3 Å². The van der Waals surface area contributed by atoms with E-state index < -0.39 is 84.7 Å². The molecule has 0 aromatic heterocycles. The van der Waals surface area contributed by atoms with Crippen LogP contribution < -0.4 is 0 Å². The summed E-state index contributed by atoms with van der Waals surface area (Å²) in [5.74, 6) is 0. The van der Waals surface area contributed by atoms with Crippen molar-refractivity contribution in [2.75, 3.05) is 13.2 Å². The Morgan fingerprint density at radius 3 is 2.29 bits per heavy atom. The van der Waals surface area contributed by atoms with Gasteiger partial charge in [0.25, 0.3) is 0 Å². The van der Waals surface area contributed by atoms with Crippen molar-refractivity contribution in [1.82, 2.24) is 0 Å². The first kappa shape index (κ1) is 25.8. The predicted molar refractivity (Wildman–Crippen MR) is 106 cm³/mol. The van der Waals surface area contributed by atoms with E-state index in [0.717, 1.165) is 0 Å². The van der Waals surface area contributed by atoms with E-state index in [9.17, 15) is 38.5 Å². The first-order valence-corrected chi connectivity index (χ1v) is 11.7. The van der Waals surface area contributed by atoms with Gasteiger partial charge in [-0.05, 0) is 0 Å². The van der Waals surface area contributed by atoms with Gasteiger partial charge < -0.3 is 49.2 Å². The zero-order chi connectivity index (χ0) is 24.6. The van der Waals surface area contributed by atoms with Gasteiger partial charge in [-0.15, -0.1) is 0 Å². The summed E-state index contributed by atoms with van der Waals surface area (Å²) in [5.41, 5.74) is 0.625. The summed E-state index contributed by atoms with van der Waals surface area (Å²) >= 11 is 0. The average molecular weight is 510 g/mol. The fourth-order valence-electron chi connectivity index (χ4n) is 4.09. The van der Waals surface area contributed by atoms with Crippen LogP contribution >= 0.6 is 0 Å². The molecule has 0 bridgehead atoms. The van der Waals surface area contributed by atoms with E-state index in [1.807, 2.05) is 0 Å². The van der Waals surface area contributed by atoms with Crippen LogP contribution in [-0.4, -0.2) is 113 Å². The second-order valence-electron chi connectivity index (χ2n) is 8.03. The van der Waals surface area contributed by atoms with Crippen molar-refractivity contribution in [2.24, 2.45) is 0 Å². The van der Waals surface area contributed by atoms with Crippen LogP contribution in [0, 0.1) is 0 Å². The highest BCUT2D eigenvalue weighted by Crippen LogP contribution is 2.37. The molecule has 0 spiro atoms. The van der Waals surface area contributed by atoms with Crippen LogP contribution in [0.3, 0.4) is 0 Å². The lowest BCUT2D eigenvalue weighted by Crippen LogP contribution is -2.66. The minimum Gasteiger partial charge on any atom is -0.394 e. The number of hydrogen-bond donors (Lipinski definition) is 6. The third-order valence-electron chi connectivity index (χ3n) is 5.74. The highest BCUT2D eigenvalue weighted by molar-refractivity contribution is 7.80. The van der Waals surface area contributed by atoms with Gasteiger partial charge in [0.2, 0.25) is 0 Å². The molecule has 1 aromatic rings. The van der Waals surface area contributed by atoms with Crippen LogP contribution in [0.2, 0.25) is 0 Å². The van der Waals surface area contributed by atoms with Crippen molar-refractivity contribution in [2.45, 2.75) is 67.7 Å². The van der Waals surface area contributed by atoms with Gasteiger partial charge >= 0.3 is 10.4 Å². The lowest BCUT2D eigenvalue weighted by atomic mass is 9.96. The quantitative estimate of drug-likeness (QED) is 0.213. The number of rotatable bonds is 6. The molecule has 3 fully saturated rings. The summed E-state index contributed by atoms with van der Waals surface area (Å²) in [4.78, 5) is 0. The molecule has 11 atom stereocenters. The first-order chi connectivity index (χ1) is 16.1. The Labute approximate surface area is 194 Å². The molecule has 3 aliphatic rings. The molecule has 3 aliphatic heterocycles. The number of fused-ring (bicyclic) bond motifs is 1. The third kappa shape index (κ3) is 5.41. The molecule has 0 radical (unpaired) electrons. The van der Waals surface area contributed by atoms with Gasteiger partial charge in [0.1, 0.15) is 42.7 Å². The molecule has 4 rings (SSSR count). The van der Waals surface area contributed by atoms with Crippen LogP contribution in [0.25, 0.3) is 0 Å². The molecular formula is C19H26O14S. The lowest BCUT2D eigenvalue weighted by Gasteiger charge is -2.49. The Bertz CT molecular complexity index is 913. The molecule has 3 saturated heterocycles. The van der Waals surface area contributed by atoms with E-state index in [-0.39, 0.29) is 6.61 Å². The first-order valence-electron chi connectivity index (χ1n) is 10.4. The standard InChI is InChI=1S/C19H26O14S/c20-6-9-14(11(21)12(22)17(24)29-9)32-19-16(33-34(25,26)27)13(23)15-10(30-19)7-28-18(31-15)8-4-2-1-3-5-8/h1-5,9-24H,6-7H2,(H,25,26,27)/t9-,10-,11-,12-,13+,14-,15-,16-,17-,18?,19-/m1/s1. The van der Waals surface area contributed by atoms with E-state index in [2.05, 4.69) is 4.18 Å². The summed E-state index contributed by atoms with van der Waals surface area (Å²) in [7, 11) is -5.13. The maximum Gasteiger partial charge on any atom is 0.397 e. The van der Waals surface area contributed by atoms with Gasteiger partial charge in [0.15, 0.2) is 25.0 Å². The van der Waals surface area contributed by atoms with E-state index in [1.165, 1.54) is 0 Å². The molecule has 0 aliphatic carbocycles. The second kappa shape index (κ2) is 10.4. The smallest absolute Gasteiger partial charge is 0.394 e. The van der Waals surface area contributed by atoms with Crippen LogP contribution in [0.4, 0.5) is 0 Å². The van der Waals surface area contributed by atoms with E-state index >= 15 is 0 Å². The Morgan fingerprint density at radius 2 is 1.65 bits per heavy atom. The average Bonchev–Trinajstić information content (AvgIpc) is 2.81. The Morgan fingerprint density at radius 1 is 0.941 bits per heavy atom. The van der Waals surface area contributed by atoms with Crippen LogP contribution in [-0.2, 0) is 38.3 Å². The fourth-order valence-corrected chi connectivity index (χ4v) is 4.57. The van der Waals surface area contributed by atoms with Gasteiger partial charge in [0.05, 0.1) is 13.2 Å². The molecule has 14 nitrogen and oxygen atoms in total. The number of hydrogen-bond acceptors (Lipinski definition) is 13. The molecule has 0 saturated carbocycles. The Balaban J connectivity index is 1.56. The molecular weight excluding hydrogens is 484 g/mol. The van der Waals surface area contributed by atoms with Crippen molar-refractivity contribution in [3.8, 4) is 0 Å². The Kier molecular flexibility index (Phi) is 7.85. The van der Waals surface area contributed by atoms with Gasteiger partial charge in [-0.2, -0.15) is 8.42 Å². The van der Waals surface area contributed by atoms with Crippen molar-refractivity contribution < 1.29 is 66.4 Å². The fraction of sp³-hybridized carbons (Fsp3) is 0.684. The molecule has 3 heterocycles. The minimum atomic E-state index is -5.13. The molecule has 192 valence electrons. The number of aliphatic hydroxyl groups is 5. The van der Waals surface area contributed by atoms with Crippen LogP contribution in [0.5, 0.6) is 0 Å². The highest BCUT2D eigenvalue weighted by atomic mass is 32.3. The zero-order valence-electron chi connectivity index (χ0n) is 17.5. The van der Waals surface area contributed by atoms with E-state index in [4.69, 9.17) is 23.7 Å². The van der Waals surface area contributed by atoms with Crippen LogP contribution in [0.15, 0.2) is 30.3 Å².